The largest absolute Gasteiger partial charge is 0.396 e. The Balaban J connectivity index is 1.90. The van der Waals surface area contributed by atoms with Gasteiger partial charge in [-0.05, 0) is 24.7 Å². The van der Waals surface area contributed by atoms with Gasteiger partial charge in [0, 0.05) is 26.4 Å². The number of nitrogen functional groups attached to an aromatic ring is 1. The molecule has 0 radical (unpaired) electrons. The first kappa shape index (κ1) is 12.9. The van der Waals surface area contributed by atoms with Crippen LogP contribution in [0.5, 0.6) is 0 Å². The van der Waals surface area contributed by atoms with E-state index in [2.05, 4.69) is 10.4 Å². The highest BCUT2D eigenvalue weighted by atomic mass is 16.3. The van der Waals surface area contributed by atoms with Gasteiger partial charge in [-0.25, -0.2) is 0 Å². The van der Waals surface area contributed by atoms with Crippen LogP contribution in [-0.2, 0) is 7.05 Å². The van der Waals surface area contributed by atoms with E-state index in [-0.39, 0.29) is 18.2 Å². The number of nitrogens with two attached hydrogens (primary N) is 1. The molecule has 1 aromatic heterocycles. The fourth-order valence-corrected chi connectivity index (χ4v) is 2.61. The first-order valence-corrected chi connectivity index (χ1v) is 6.30. The number of carbonyl (C=O) groups excluding carboxylic acids is 1. The molecule has 1 saturated carbocycles. The van der Waals surface area contributed by atoms with Crippen molar-refractivity contribution in [1.29, 1.82) is 0 Å². The minimum absolute atomic E-state index is 0.201. The number of aryl methyl sites for hydroxylation is 1. The number of carbonyl (C=O) groups is 1. The van der Waals surface area contributed by atoms with Crippen molar-refractivity contribution in [3.8, 4) is 0 Å². The number of aromatic nitrogens is 2. The molecule has 2 unspecified atom stereocenters. The van der Waals surface area contributed by atoms with E-state index in [1.54, 1.807) is 13.2 Å². The third-order valence-corrected chi connectivity index (χ3v) is 3.65. The molecule has 18 heavy (non-hydrogen) atoms. The zero-order chi connectivity index (χ0) is 13.1. The summed E-state index contributed by atoms with van der Waals surface area (Å²) < 4.78 is 1.52. The van der Waals surface area contributed by atoms with Gasteiger partial charge in [0.2, 0.25) is 0 Å². The fraction of sp³-hybridized carbons (Fsp3) is 0.667. The van der Waals surface area contributed by atoms with E-state index in [1.165, 1.54) is 4.68 Å². The molecule has 0 aromatic carbocycles. The highest BCUT2D eigenvalue weighted by molar-refractivity contribution is 5.96. The SMILES string of the molecule is Cn1cc(N)c(C(=O)NCC2CCCC2CO)n1. The van der Waals surface area contributed by atoms with Crippen molar-refractivity contribution in [3.05, 3.63) is 11.9 Å². The van der Waals surface area contributed by atoms with E-state index < -0.39 is 0 Å². The van der Waals surface area contributed by atoms with Crippen molar-refractivity contribution < 1.29 is 9.90 Å². The van der Waals surface area contributed by atoms with E-state index in [0.717, 1.165) is 19.3 Å². The van der Waals surface area contributed by atoms with E-state index in [4.69, 9.17) is 5.73 Å². The summed E-state index contributed by atoms with van der Waals surface area (Å²) in [5, 5.41) is 16.1. The Kier molecular flexibility index (Phi) is 3.86. The first-order valence-electron chi connectivity index (χ1n) is 6.30. The maximum absolute atomic E-state index is 11.9. The van der Waals surface area contributed by atoms with E-state index in [9.17, 15) is 9.90 Å². The van der Waals surface area contributed by atoms with Crippen molar-refractivity contribution >= 4 is 11.6 Å². The van der Waals surface area contributed by atoms with Crippen LogP contribution in [0.25, 0.3) is 0 Å². The van der Waals surface area contributed by atoms with Gasteiger partial charge in [0.05, 0.1) is 5.69 Å². The zero-order valence-electron chi connectivity index (χ0n) is 10.6. The smallest absolute Gasteiger partial charge is 0.273 e. The molecule has 2 rings (SSSR count). The van der Waals surface area contributed by atoms with Gasteiger partial charge in [-0.3, -0.25) is 9.48 Å². The summed E-state index contributed by atoms with van der Waals surface area (Å²) in [6, 6.07) is 0. The fourth-order valence-electron chi connectivity index (χ4n) is 2.61. The molecule has 1 aromatic rings. The molecular weight excluding hydrogens is 232 g/mol. The number of hydrogen-bond donors (Lipinski definition) is 3. The summed E-state index contributed by atoms with van der Waals surface area (Å²) in [7, 11) is 1.73. The van der Waals surface area contributed by atoms with Crippen LogP contribution in [0.3, 0.4) is 0 Å². The van der Waals surface area contributed by atoms with Gasteiger partial charge < -0.3 is 16.2 Å². The summed E-state index contributed by atoms with van der Waals surface area (Å²) in [4.78, 5) is 11.9. The van der Waals surface area contributed by atoms with E-state index in [1.807, 2.05) is 0 Å². The Bertz CT molecular complexity index is 430. The van der Waals surface area contributed by atoms with Crippen LogP contribution in [0.2, 0.25) is 0 Å². The molecule has 4 N–H and O–H groups in total. The maximum Gasteiger partial charge on any atom is 0.273 e. The molecule has 6 nitrogen and oxygen atoms in total. The van der Waals surface area contributed by atoms with Gasteiger partial charge in [-0.15, -0.1) is 0 Å². The average molecular weight is 252 g/mol. The van der Waals surface area contributed by atoms with E-state index in [0.29, 0.717) is 24.1 Å². The quantitative estimate of drug-likeness (QED) is 0.710. The lowest BCUT2D eigenvalue weighted by molar-refractivity contribution is 0.0933. The summed E-state index contributed by atoms with van der Waals surface area (Å²) in [5.74, 6) is 0.437. The third-order valence-electron chi connectivity index (χ3n) is 3.65. The van der Waals surface area contributed by atoms with E-state index >= 15 is 0 Å². The Morgan fingerprint density at radius 1 is 1.61 bits per heavy atom. The second-order valence-corrected chi connectivity index (χ2v) is 4.95. The second kappa shape index (κ2) is 5.39. The summed E-state index contributed by atoms with van der Waals surface area (Å²) in [5.41, 5.74) is 6.36. The summed E-state index contributed by atoms with van der Waals surface area (Å²) in [6.07, 6.45) is 4.84. The van der Waals surface area contributed by atoms with Crippen molar-refractivity contribution in [2.75, 3.05) is 18.9 Å². The van der Waals surface area contributed by atoms with Crippen LogP contribution in [0, 0.1) is 11.8 Å². The van der Waals surface area contributed by atoms with Crippen molar-refractivity contribution in [3.63, 3.8) is 0 Å². The van der Waals surface area contributed by atoms with Crippen LogP contribution in [0.1, 0.15) is 29.8 Å². The number of aliphatic hydroxyl groups is 1. The lowest BCUT2D eigenvalue weighted by Gasteiger charge is -2.17. The van der Waals surface area contributed by atoms with Crippen molar-refractivity contribution in [2.24, 2.45) is 18.9 Å². The summed E-state index contributed by atoms with van der Waals surface area (Å²) >= 11 is 0. The number of anilines is 1. The summed E-state index contributed by atoms with van der Waals surface area (Å²) in [6.45, 7) is 0.784. The minimum atomic E-state index is -0.239. The predicted molar refractivity (Wildman–Crippen MR) is 67.9 cm³/mol. The molecule has 0 spiro atoms. The molecule has 0 saturated heterocycles. The lowest BCUT2D eigenvalue weighted by atomic mass is 9.97. The normalized spacial score (nSPS) is 23.2. The molecule has 2 atom stereocenters. The minimum Gasteiger partial charge on any atom is -0.396 e. The van der Waals surface area contributed by atoms with Crippen LogP contribution < -0.4 is 11.1 Å². The molecule has 1 aliphatic rings. The maximum atomic E-state index is 11.9. The standard InChI is InChI=1S/C12H20N4O2/c1-16-6-10(13)11(15-16)12(18)14-5-8-3-2-4-9(8)7-17/h6,8-9,17H,2-5,7,13H2,1H3,(H,14,18). The highest BCUT2D eigenvalue weighted by Gasteiger charge is 2.27. The number of hydrogen-bond acceptors (Lipinski definition) is 4. The third kappa shape index (κ3) is 2.64. The lowest BCUT2D eigenvalue weighted by Crippen LogP contribution is -2.32. The molecule has 100 valence electrons. The van der Waals surface area contributed by atoms with Gasteiger partial charge in [-0.2, -0.15) is 5.10 Å². The van der Waals surface area contributed by atoms with Crippen molar-refractivity contribution in [1.82, 2.24) is 15.1 Å². The van der Waals surface area contributed by atoms with Gasteiger partial charge in [0.15, 0.2) is 5.69 Å². The number of aliphatic hydroxyl groups excluding tert-OH is 1. The van der Waals surface area contributed by atoms with Gasteiger partial charge >= 0.3 is 0 Å². The Hall–Kier alpha value is -1.56. The molecular formula is C12H20N4O2. The van der Waals surface area contributed by atoms with Gasteiger partial charge in [0.25, 0.3) is 5.91 Å². The second-order valence-electron chi connectivity index (χ2n) is 4.95. The molecule has 1 fully saturated rings. The molecule has 1 amide bonds. The van der Waals surface area contributed by atoms with Crippen LogP contribution in [-0.4, -0.2) is 33.9 Å². The molecule has 6 heteroatoms. The molecule has 0 bridgehead atoms. The zero-order valence-corrected chi connectivity index (χ0v) is 10.6. The Morgan fingerprint density at radius 3 is 2.94 bits per heavy atom. The first-order chi connectivity index (χ1) is 8.61. The highest BCUT2D eigenvalue weighted by Crippen LogP contribution is 2.30. The Labute approximate surface area is 106 Å². The van der Waals surface area contributed by atoms with Gasteiger partial charge in [0.1, 0.15) is 0 Å². The number of rotatable bonds is 4. The molecule has 1 heterocycles. The van der Waals surface area contributed by atoms with Crippen molar-refractivity contribution in [2.45, 2.75) is 19.3 Å². The molecule has 0 aliphatic heterocycles. The van der Waals surface area contributed by atoms with Crippen LogP contribution in [0.15, 0.2) is 6.20 Å². The monoisotopic (exact) mass is 252 g/mol. The molecule has 1 aliphatic carbocycles. The van der Waals surface area contributed by atoms with Crippen LogP contribution >= 0.6 is 0 Å². The predicted octanol–water partition coefficient (Wildman–Crippen LogP) is 0.141. The number of nitrogens with zero attached hydrogens (tertiary/aromatic N) is 2. The van der Waals surface area contributed by atoms with Gasteiger partial charge in [-0.1, -0.05) is 6.42 Å². The topological polar surface area (TPSA) is 93.2 Å². The van der Waals surface area contributed by atoms with Crippen LogP contribution in [0.4, 0.5) is 5.69 Å². The number of amides is 1. The Morgan fingerprint density at radius 2 is 2.33 bits per heavy atom. The average Bonchev–Trinajstić information content (AvgIpc) is 2.92. The number of nitrogens with one attached hydrogen (secondary N) is 1.